The molecule has 1 aromatic carbocycles. The fraction of sp³-hybridized carbons (Fsp3) is 0.600. The summed E-state index contributed by atoms with van der Waals surface area (Å²) in [6.07, 6.45) is -1.94. The number of nitrogens with one attached hydrogen (secondary N) is 1. The molecule has 0 aliphatic carbocycles. The summed E-state index contributed by atoms with van der Waals surface area (Å²) in [5.74, 6) is -0.142. The molecule has 3 rings (SSSR count). The van der Waals surface area contributed by atoms with Crippen LogP contribution in [0.3, 0.4) is 0 Å². The molecule has 1 spiro atoms. The first kappa shape index (κ1) is 14.5. The van der Waals surface area contributed by atoms with E-state index in [9.17, 15) is 13.2 Å². The van der Waals surface area contributed by atoms with Gasteiger partial charge < -0.3 is 14.8 Å². The Morgan fingerprint density at radius 3 is 2.95 bits per heavy atom. The van der Waals surface area contributed by atoms with Crippen molar-refractivity contribution in [3.05, 3.63) is 23.8 Å². The van der Waals surface area contributed by atoms with E-state index in [1.54, 1.807) is 6.07 Å². The van der Waals surface area contributed by atoms with E-state index in [2.05, 4.69) is 17.0 Å². The SMILES string of the molecule is CCC1CC2(CCO1)CNc1c(OC(F)(F)F)cccc12. The maximum Gasteiger partial charge on any atom is 0.573 e. The Morgan fingerprint density at radius 1 is 1.43 bits per heavy atom. The third-order valence-corrected chi connectivity index (χ3v) is 4.43. The Labute approximate surface area is 121 Å². The summed E-state index contributed by atoms with van der Waals surface area (Å²) in [5, 5.41) is 3.12. The molecular weight excluding hydrogens is 283 g/mol. The number of ether oxygens (including phenoxy) is 2. The third kappa shape index (κ3) is 2.69. The van der Waals surface area contributed by atoms with E-state index in [0.717, 1.165) is 24.8 Å². The quantitative estimate of drug-likeness (QED) is 0.900. The summed E-state index contributed by atoms with van der Waals surface area (Å²) >= 11 is 0. The molecule has 1 aromatic rings. The summed E-state index contributed by atoms with van der Waals surface area (Å²) in [4.78, 5) is 0. The summed E-state index contributed by atoms with van der Waals surface area (Å²) in [7, 11) is 0. The van der Waals surface area contributed by atoms with E-state index in [1.807, 2.05) is 6.07 Å². The number of para-hydroxylation sites is 1. The molecule has 21 heavy (non-hydrogen) atoms. The fourth-order valence-electron chi connectivity index (χ4n) is 3.40. The highest BCUT2D eigenvalue weighted by Crippen LogP contribution is 2.49. The van der Waals surface area contributed by atoms with E-state index >= 15 is 0 Å². The van der Waals surface area contributed by atoms with E-state index in [4.69, 9.17) is 4.74 Å². The molecule has 1 saturated heterocycles. The van der Waals surface area contributed by atoms with Crippen molar-refractivity contribution in [2.45, 2.75) is 44.1 Å². The lowest BCUT2D eigenvalue weighted by molar-refractivity contribution is -0.274. The van der Waals surface area contributed by atoms with Gasteiger partial charge in [0.2, 0.25) is 0 Å². The minimum Gasteiger partial charge on any atom is -0.404 e. The molecule has 2 aliphatic heterocycles. The van der Waals surface area contributed by atoms with Crippen LogP contribution in [-0.2, 0) is 10.2 Å². The smallest absolute Gasteiger partial charge is 0.404 e. The van der Waals surface area contributed by atoms with Crippen molar-refractivity contribution in [1.82, 2.24) is 0 Å². The van der Waals surface area contributed by atoms with Crippen LogP contribution >= 0.6 is 0 Å². The molecule has 1 fully saturated rings. The molecule has 2 aliphatic rings. The van der Waals surface area contributed by atoms with Crippen molar-refractivity contribution < 1.29 is 22.6 Å². The van der Waals surface area contributed by atoms with Crippen LogP contribution in [0.1, 0.15) is 31.7 Å². The number of anilines is 1. The number of halogens is 3. The molecule has 2 atom stereocenters. The minimum atomic E-state index is -4.67. The first-order chi connectivity index (χ1) is 9.93. The van der Waals surface area contributed by atoms with Gasteiger partial charge in [0.05, 0.1) is 11.8 Å². The Morgan fingerprint density at radius 2 is 2.24 bits per heavy atom. The number of benzene rings is 1. The van der Waals surface area contributed by atoms with Gasteiger partial charge in [-0.15, -0.1) is 13.2 Å². The molecule has 0 saturated carbocycles. The van der Waals surface area contributed by atoms with E-state index in [1.165, 1.54) is 6.07 Å². The zero-order valence-corrected chi connectivity index (χ0v) is 11.8. The lowest BCUT2D eigenvalue weighted by Crippen LogP contribution is -2.40. The number of rotatable bonds is 2. The lowest BCUT2D eigenvalue weighted by Gasteiger charge is -2.38. The van der Waals surface area contributed by atoms with Crippen molar-refractivity contribution in [2.24, 2.45) is 0 Å². The summed E-state index contributed by atoms with van der Waals surface area (Å²) < 4.78 is 47.3. The first-order valence-electron chi connectivity index (χ1n) is 7.18. The van der Waals surface area contributed by atoms with Crippen LogP contribution in [-0.4, -0.2) is 25.6 Å². The molecule has 1 N–H and O–H groups in total. The Hall–Kier alpha value is -1.43. The van der Waals surface area contributed by atoms with Crippen LogP contribution < -0.4 is 10.1 Å². The Kier molecular flexibility index (Phi) is 3.51. The van der Waals surface area contributed by atoms with Crippen LogP contribution in [0.15, 0.2) is 18.2 Å². The fourth-order valence-corrected chi connectivity index (χ4v) is 3.40. The Bertz CT molecular complexity index is 532. The second-order valence-electron chi connectivity index (χ2n) is 5.72. The van der Waals surface area contributed by atoms with E-state index in [-0.39, 0.29) is 17.3 Å². The molecule has 0 aromatic heterocycles. The largest absolute Gasteiger partial charge is 0.573 e. The second kappa shape index (κ2) is 5.09. The molecule has 6 heteroatoms. The number of fused-ring (bicyclic) bond motifs is 2. The van der Waals surface area contributed by atoms with Crippen molar-refractivity contribution in [2.75, 3.05) is 18.5 Å². The van der Waals surface area contributed by atoms with Gasteiger partial charge >= 0.3 is 6.36 Å². The number of alkyl halides is 3. The van der Waals surface area contributed by atoms with Crippen molar-refractivity contribution >= 4 is 5.69 Å². The normalized spacial score (nSPS) is 28.3. The topological polar surface area (TPSA) is 30.5 Å². The van der Waals surface area contributed by atoms with Gasteiger partial charge in [-0.1, -0.05) is 19.1 Å². The van der Waals surface area contributed by atoms with E-state index in [0.29, 0.717) is 18.8 Å². The van der Waals surface area contributed by atoms with Crippen LogP contribution in [0.4, 0.5) is 18.9 Å². The third-order valence-electron chi connectivity index (χ3n) is 4.43. The Balaban J connectivity index is 1.94. The second-order valence-corrected chi connectivity index (χ2v) is 5.72. The maximum absolute atomic E-state index is 12.5. The molecule has 116 valence electrons. The van der Waals surface area contributed by atoms with Gasteiger partial charge in [-0.2, -0.15) is 0 Å². The van der Waals surface area contributed by atoms with Gasteiger partial charge in [0, 0.05) is 18.6 Å². The zero-order valence-electron chi connectivity index (χ0n) is 11.8. The van der Waals surface area contributed by atoms with Crippen LogP contribution in [0.2, 0.25) is 0 Å². The monoisotopic (exact) mass is 301 g/mol. The number of hydrogen-bond donors (Lipinski definition) is 1. The zero-order chi connectivity index (χ0) is 15.1. The van der Waals surface area contributed by atoms with Gasteiger partial charge in [0.25, 0.3) is 0 Å². The highest BCUT2D eigenvalue weighted by atomic mass is 19.4. The van der Waals surface area contributed by atoms with E-state index < -0.39 is 6.36 Å². The molecule has 2 heterocycles. The molecule has 0 amide bonds. The summed E-state index contributed by atoms with van der Waals surface area (Å²) in [6.45, 7) is 3.35. The molecular formula is C15H18F3NO2. The van der Waals surface area contributed by atoms with Gasteiger partial charge in [-0.05, 0) is 30.9 Å². The van der Waals surface area contributed by atoms with Crippen LogP contribution in [0.5, 0.6) is 5.75 Å². The number of hydrogen-bond acceptors (Lipinski definition) is 3. The summed E-state index contributed by atoms with van der Waals surface area (Å²) in [6, 6.07) is 4.89. The maximum atomic E-state index is 12.5. The molecule has 2 unspecified atom stereocenters. The van der Waals surface area contributed by atoms with Gasteiger partial charge in [0.1, 0.15) is 0 Å². The lowest BCUT2D eigenvalue weighted by atomic mass is 9.73. The summed E-state index contributed by atoms with van der Waals surface area (Å²) in [5.41, 5.74) is 1.26. The highest BCUT2D eigenvalue weighted by molar-refractivity contribution is 5.68. The van der Waals surface area contributed by atoms with Gasteiger partial charge in [-0.3, -0.25) is 0 Å². The molecule has 0 bridgehead atoms. The highest BCUT2D eigenvalue weighted by Gasteiger charge is 2.44. The van der Waals surface area contributed by atoms with Gasteiger partial charge in [0.15, 0.2) is 5.75 Å². The minimum absolute atomic E-state index is 0.140. The predicted octanol–water partition coefficient (Wildman–Crippen LogP) is 3.84. The van der Waals surface area contributed by atoms with Crippen molar-refractivity contribution in [3.8, 4) is 5.75 Å². The first-order valence-corrected chi connectivity index (χ1v) is 7.18. The molecule has 3 nitrogen and oxygen atoms in total. The van der Waals surface area contributed by atoms with Crippen molar-refractivity contribution in [1.29, 1.82) is 0 Å². The van der Waals surface area contributed by atoms with Crippen molar-refractivity contribution in [3.63, 3.8) is 0 Å². The standard InChI is InChI=1S/C15H18F3NO2/c1-2-10-8-14(6-7-20-10)9-19-13-11(14)4-3-5-12(13)21-15(16,17)18/h3-5,10,19H,2,6-9H2,1H3. The van der Waals surface area contributed by atoms with Gasteiger partial charge in [-0.25, -0.2) is 0 Å². The average molecular weight is 301 g/mol. The average Bonchev–Trinajstić information content (AvgIpc) is 2.77. The van der Waals surface area contributed by atoms with Crippen LogP contribution in [0.25, 0.3) is 0 Å². The molecule has 0 radical (unpaired) electrons. The van der Waals surface area contributed by atoms with Crippen LogP contribution in [0, 0.1) is 0 Å². The predicted molar refractivity (Wildman–Crippen MR) is 72.6 cm³/mol.